The number of amides is 4. The molecule has 134 valence electrons. The Morgan fingerprint density at radius 3 is 2.60 bits per heavy atom. The highest BCUT2D eigenvalue weighted by Crippen LogP contribution is 2.33. The average Bonchev–Trinajstić information content (AvgIpc) is 2.78. The smallest absolute Gasteiger partial charge is 0.325 e. The molecule has 1 saturated heterocycles. The van der Waals surface area contributed by atoms with Gasteiger partial charge in [0.25, 0.3) is 5.91 Å². The molecule has 0 saturated carbocycles. The number of nitrogens with one attached hydrogen (secondary N) is 2. The van der Waals surface area contributed by atoms with Crippen LogP contribution in [0.5, 0.6) is 0 Å². The first-order chi connectivity index (χ1) is 11.8. The highest BCUT2D eigenvalue weighted by Gasteiger charge is 2.52. The molecular weight excluding hydrogens is 318 g/mol. The minimum Gasteiger partial charge on any atom is -0.352 e. The summed E-state index contributed by atoms with van der Waals surface area (Å²) in [7, 11) is 0. The van der Waals surface area contributed by atoms with Crippen LogP contribution in [0, 0.1) is 5.92 Å². The number of nitrogens with zero attached hydrogens (tertiary/aromatic N) is 1. The quantitative estimate of drug-likeness (QED) is 0.816. The van der Waals surface area contributed by atoms with Gasteiger partial charge in [-0.3, -0.25) is 14.5 Å². The molecule has 1 aromatic rings. The van der Waals surface area contributed by atoms with Crippen molar-refractivity contribution in [3.05, 3.63) is 35.4 Å². The van der Waals surface area contributed by atoms with E-state index >= 15 is 0 Å². The van der Waals surface area contributed by atoms with Crippen molar-refractivity contribution < 1.29 is 14.4 Å². The maximum atomic E-state index is 12.9. The zero-order chi connectivity index (χ0) is 18.2. The van der Waals surface area contributed by atoms with Crippen molar-refractivity contribution in [1.82, 2.24) is 15.5 Å². The summed E-state index contributed by atoms with van der Waals surface area (Å²) in [6.45, 7) is 5.69. The number of fused-ring (bicyclic) bond motifs is 1. The van der Waals surface area contributed by atoms with Gasteiger partial charge in [0.15, 0.2) is 0 Å². The Morgan fingerprint density at radius 2 is 1.92 bits per heavy atom. The van der Waals surface area contributed by atoms with Crippen LogP contribution in [0.25, 0.3) is 0 Å². The number of aryl methyl sites for hydroxylation is 1. The number of hydrogen-bond acceptors (Lipinski definition) is 3. The monoisotopic (exact) mass is 343 g/mol. The maximum absolute atomic E-state index is 12.9. The molecule has 1 aliphatic carbocycles. The Labute approximate surface area is 148 Å². The molecule has 1 aliphatic heterocycles. The average molecular weight is 343 g/mol. The molecule has 0 radical (unpaired) electrons. The molecule has 1 heterocycles. The second-order valence-corrected chi connectivity index (χ2v) is 7.45. The van der Waals surface area contributed by atoms with Gasteiger partial charge in [0.05, 0.1) is 0 Å². The van der Waals surface area contributed by atoms with E-state index < -0.39 is 11.6 Å². The van der Waals surface area contributed by atoms with Crippen LogP contribution in [-0.2, 0) is 22.4 Å². The molecule has 1 spiro atoms. The zero-order valence-electron chi connectivity index (χ0n) is 15.0. The summed E-state index contributed by atoms with van der Waals surface area (Å²) >= 11 is 0. The summed E-state index contributed by atoms with van der Waals surface area (Å²) < 4.78 is 0. The summed E-state index contributed by atoms with van der Waals surface area (Å²) in [5.74, 6) is -0.314. The molecule has 0 aromatic heterocycles. The molecule has 3 rings (SSSR count). The standard InChI is InChI=1S/C19H25N3O3/c1-12(2)13(3)20-16(23)11-22-17(24)19(21-18(22)25)9-8-14-6-4-5-7-15(14)10-19/h4-7,12-13H,8-11H2,1-3H3,(H,20,23)(H,21,25)/t13-,19-/m1/s1. The van der Waals surface area contributed by atoms with Crippen LogP contribution in [0.3, 0.4) is 0 Å². The molecule has 6 nitrogen and oxygen atoms in total. The normalized spacial score (nSPS) is 23.6. The summed E-state index contributed by atoms with van der Waals surface area (Å²) in [5.41, 5.74) is 1.40. The molecule has 6 heteroatoms. The maximum Gasteiger partial charge on any atom is 0.325 e. The number of carbonyl (C=O) groups is 3. The lowest BCUT2D eigenvalue weighted by Crippen LogP contribution is -2.51. The summed E-state index contributed by atoms with van der Waals surface area (Å²) in [6, 6.07) is 7.49. The first-order valence-corrected chi connectivity index (χ1v) is 8.82. The van der Waals surface area contributed by atoms with Crippen molar-refractivity contribution in [2.45, 2.75) is 51.6 Å². The fourth-order valence-corrected chi connectivity index (χ4v) is 3.45. The molecule has 2 atom stereocenters. The Kier molecular flexibility index (Phi) is 4.54. The Morgan fingerprint density at radius 1 is 1.24 bits per heavy atom. The molecule has 2 N–H and O–H groups in total. The Balaban J connectivity index is 1.72. The van der Waals surface area contributed by atoms with Crippen LogP contribution in [0.4, 0.5) is 4.79 Å². The fourth-order valence-electron chi connectivity index (χ4n) is 3.45. The number of hydrogen-bond donors (Lipinski definition) is 2. The van der Waals surface area contributed by atoms with Crippen molar-refractivity contribution in [2.75, 3.05) is 6.54 Å². The van der Waals surface area contributed by atoms with Crippen LogP contribution in [0.15, 0.2) is 24.3 Å². The first kappa shape index (κ1) is 17.5. The van der Waals surface area contributed by atoms with Gasteiger partial charge in [-0.05, 0) is 36.8 Å². The zero-order valence-corrected chi connectivity index (χ0v) is 15.0. The second kappa shape index (κ2) is 6.50. The number of benzene rings is 1. The van der Waals surface area contributed by atoms with Gasteiger partial charge in [-0.1, -0.05) is 38.1 Å². The van der Waals surface area contributed by atoms with Gasteiger partial charge < -0.3 is 10.6 Å². The molecule has 1 fully saturated rings. The third-order valence-electron chi connectivity index (χ3n) is 5.37. The van der Waals surface area contributed by atoms with E-state index in [-0.39, 0.29) is 30.3 Å². The third-order valence-corrected chi connectivity index (χ3v) is 5.37. The van der Waals surface area contributed by atoms with E-state index in [2.05, 4.69) is 16.7 Å². The van der Waals surface area contributed by atoms with E-state index in [1.54, 1.807) is 0 Å². The van der Waals surface area contributed by atoms with Crippen molar-refractivity contribution >= 4 is 17.8 Å². The highest BCUT2D eigenvalue weighted by atomic mass is 16.2. The summed E-state index contributed by atoms with van der Waals surface area (Å²) in [4.78, 5) is 38.5. The van der Waals surface area contributed by atoms with Crippen LogP contribution in [0.2, 0.25) is 0 Å². The van der Waals surface area contributed by atoms with Crippen molar-refractivity contribution in [3.8, 4) is 0 Å². The van der Waals surface area contributed by atoms with E-state index in [0.717, 1.165) is 16.9 Å². The lowest BCUT2D eigenvalue weighted by atomic mass is 9.78. The number of rotatable bonds is 4. The predicted octanol–water partition coefficient (Wildman–Crippen LogP) is 1.63. The molecule has 2 aliphatic rings. The van der Waals surface area contributed by atoms with Crippen LogP contribution in [0.1, 0.15) is 38.3 Å². The summed E-state index contributed by atoms with van der Waals surface area (Å²) in [5, 5.41) is 5.69. The van der Waals surface area contributed by atoms with Crippen molar-refractivity contribution in [3.63, 3.8) is 0 Å². The van der Waals surface area contributed by atoms with Crippen molar-refractivity contribution in [2.24, 2.45) is 5.92 Å². The SMILES string of the molecule is CC(C)[C@@H](C)NC(=O)CN1C(=O)N[C@@]2(CCc3ccccc3C2)C1=O. The van der Waals surface area contributed by atoms with E-state index in [1.165, 1.54) is 5.56 Å². The molecule has 1 aromatic carbocycles. The van der Waals surface area contributed by atoms with Gasteiger partial charge in [0.1, 0.15) is 12.1 Å². The van der Waals surface area contributed by atoms with Crippen LogP contribution in [-0.4, -0.2) is 40.9 Å². The molecule has 0 bridgehead atoms. The largest absolute Gasteiger partial charge is 0.352 e. The lowest BCUT2D eigenvalue weighted by molar-refractivity contribution is -0.135. The van der Waals surface area contributed by atoms with E-state index in [4.69, 9.17) is 0 Å². The number of imide groups is 1. The van der Waals surface area contributed by atoms with Gasteiger partial charge in [-0.15, -0.1) is 0 Å². The van der Waals surface area contributed by atoms with Crippen molar-refractivity contribution in [1.29, 1.82) is 0 Å². The van der Waals surface area contributed by atoms with Gasteiger partial charge in [0, 0.05) is 12.5 Å². The van der Waals surface area contributed by atoms with E-state index in [0.29, 0.717) is 12.8 Å². The van der Waals surface area contributed by atoms with Gasteiger partial charge in [-0.2, -0.15) is 0 Å². The minimum atomic E-state index is -0.907. The molecular formula is C19H25N3O3. The Bertz CT molecular complexity index is 716. The third kappa shape index (κ3) is 3.25. The highest BCUT2D eigenvalue weighted by molar-refractivity contribution is 6.09. The molecule has 4 amide bonds. The lowest BCUT2D eigenvalue weighted by Gasteiger charge is -2.32. The topological polar surface area (TPSA) is 78.5 Å². The van der Waals surface area contributed by atoms with E-state index in [9.17, 15) is 14.4 Å². The van der Waals surface area contributed by atoms with E-state index in [1.807, 2.05) is 39.0 Å². The minimum absolute atomic E-state index is 0.0104. The molecule has 25 heavy (non-hydrogen) atoms. The number of urea groups is 1. The second-order valence-electron chi connectivity index (χ2n) is 7.45. The predicted molar refractivity (Wildman–Crippen MR) is 93.9 cm³/mol. The van der Waals surface area contributed by atoms with Crippen LogP contribution >= 0.6 is 0 Å². The number of carbonyl (C=O) groups excluding carboxylic acids is 3. The van der Waals surface area contributed by atoms with Gasteiger partial charge in [0.2, 0.25) is 5.91 Å². The van der Waals surface area contributed by atoms with Gasteiger partial charge in [-0.25, -0.2) is 4.79 Å². The van der Waals surface area contributed by atoms with Gasteiger partial charge >= 0.3 is 6.03 Å². The van der Waals surface area contributed by atoms with Crippen LogP contribution < -0.4 is 10.6 Å². The fraction of sp³-hybridized carbons (Fsp3) is 0.526. The first-order valence-electron chi connectivity index (χ1n) is 8.82. The summed E-state index contributed by atoms with van der Waals surface area (Å²) in [6.07, 6.45) is 1.79. The Hall–Kier alpha value is -2.37. The molecule has 0 unspecified atom stereocenters.